The molecule has 0 atom stereocenters. The number of methoxy groups -OCH3 is 1. The van der Waals surface area contributed by atoms with Crippen LogP contribution in [0.3, 0.4) is 0 Å². The average Bonchev–Trinajstić information content (AvgIpc) is 3.21. The summed E-state index contributed by atoms with van der Waals surface area (Å²) < 4.78 is 11.6. The number of H-pyrrole nitrogens is 1. The summed E-state index contributed by atoms with van der Waals surface area (Å²) in [6.45, 7) is 1.73. The fourth-order valence-corrected chi connectivity index (χ4v) is 3.47. The molecule has 0 unspecified atom stereocenters. The van der Waals surface area contributed by atoms with Crippen molar-refractivity contribution in [2.45, 2.75) is 26.2 Å². The highest BCUT2D eigenvalue weighted by Crippen LogP contribution is 2.38. The zero-order chi connectivity index (χ0) is 18.3. The summed E-state index contributed by atoms with van der Waals surface area (Å²) >= 11 is 3.52. The quantitative estimate of drug-likeness (QED) is 0.586. The molecular formula is C20H19BrN2O3. The number of aryl methyl sites for hydroxylation is 1. The van der Waals surface area contributed by atoms with Gasteiger partial charge in [0.2, 0.25) is 5.89 Å². The van der Waals surface area contributed by atoms with Gasteiger partial charge in [-0.1, -0.05) is 28.1 Å². The molecule has 1 aliphatic carbocycles. The number of nitrogens with zero attached hydrogens (tertiary/aromatic N) is 1. The van der Waals surface area contributed by atoms with E-state index in [9.17, 15) is 4.79 Å². The highest BCUT2D eigenvalue weighted by molar-refractivity contribution is 9.10. The van der Waals surface area contributed by atoms with Crippen molar-refractivity contribution in [3.63, 3.8) is 0 Å². The van der Waals surface area contributed by atoms with Crippen molar-refractivity contribution in [3.05, 3.63) is 52.0 Å². The summed E-state index contributed by atoms with van der Waals surface area (Å²) in [5, 5.41) is 0. The van der Waals surface area contributed by atoms with Crippen molar-refractivity contribution in [2.75, 3.05) is 7.11 Å². The summed E-state index contributed by atoms with van der Waals surface area (Å²) in [7, 11) is 1.34. The second-order valence-corrected chi connectivity index (χ2v) is 7.56. The van der Waals surface area contributed by atoms with E-state index in [4.69, 9.17) is 9.15 Å². The first-order valence-corrected chi connectivity index (χ1v) is 9.38. The molecule has 1 N–H and O–H groups in total. The van der Waals surface area contributed by atoms with Gasteiger partial charge in [-0.3, -0.25) is 0 Å². The molecule has 0 bridgehead atoms. The minimum Gasteiger partial charge on any atom is -0.464 e. The van der Waals surface area contributed by atoms with Gasteiger partial charge in [0.1, 0.15) is 5.76 Å². The summed E-state index contributed by atoms with van der Waals surface area (Å²) in [4.78, 5) is 19.8. The number of halogens is 1. The summed E-state index contributed by atoms with van der Waals surface area (Å²) in [5.74, 6) is 1.15. The standard InChI is InChI=1S/C20H19BrN2O3/c1-11-18(20(24)25-2)23-19(26-11)15-10-16(13-4-3-5-14(21)9-13)22-17(15)8-12-6-7-12/h3-5,9-10,12,22H,6-8H2,1-2H3. The third-order valence-electron chi connectivity index (χ3n) is 4.63. The van der Waals surface area contributed by atoms with Crippen LogP contribution in [0, 0.1) is 12.8 Å². The number of benzene rings is 1. The van der Waals surface area contributed by atoms with Gasteiger partial charge in [0.05, 0.1) is 12.7 Å². The Labute approximate surface area is 159 Å². The van der Waals surface area contributed by atoms with Gasteiger partial charge in [0.25, 0.3) is 0 Å². The largest absolute Gasteiger partial charge is 0.464 e. The normalized spacial score (nSPS) is 13.8. The molecule has 6 heteroatoms. The SMILES string of the molecule is COC(=O)c1nc(-c2cc(-c3cccc(Br)c3)[nH]c2CC2CC2)oc1C. The van der Waals surface area contributed by atoms with Gasteiger partial charge in [-0.25, -0.2) is 9.78 Å². The number of rotatable bonds is 5. The van der Waals surface area contributed by atoms with E-state index in [1.54, 1.807) is 6.92 Å². The van der Waals surface area contributed by atoms with E-state index in [0.717, 1.165) is 33.4 Å². The number of hydrogen-bond acceptors (Lipinski definition) is 4. The van der Waals surface area contributed by atoms with Crippen molar-refractivity contribution >= 4 is 21.9 Å². The van der Waals surface area contributed by atoms with Crippen molar-refractivity contribution < 1.29 is 13.9 Å². The highest BCUT2D eigenvalue weighted by Gasteiger charge is 2.27. The van der Waals surface area contributed by atoms with Crippen molar-refractivity contribution in [3.8, 4) is 22.7 Å². The average molecular weight is 415 g/mol. The predicted octanol–water partition coefficient (Wildman–Crippen LogP) is 5.15. The number of aromatic nitrogens is 2. The Bertz CT molecular complexity index is 969. The van der Waals surface area contributed by atoms with Crippen LogP contribution in [0.15, 0.2) is 39.2 Å². The van der Waals surface area contributed by atoms with Gasteiger partial charge >= 0.3 is 5.97 Å². The van der Waals surface area contributed by atoms with E-state index in [0.29, 0.717) is 17.6 Å². The van der Waals surface area contributed by atoms with Crippen LogP contribution in [0.4, 0.5) is 0 Å². The van der Waals surface area contributed by atoms with Crippen LogP contribution in [0.5, 0.6) is 0 Å². The maximum absolute atomic E-state index is 11.9. The van der Waals surface area contributed by atoms with Gasteiger partial charge < -0.3 is 14.1 Å². The number of hydrogen-bond donors (Lipinski definition) is 1. The lowest BCUT2D eigenvalue weighted by Crippen LogP contribution is -2.03. The molecule has 5 nitrogen and oxygen atoms in total. The van der Waals surface area contributed by atoms with Gasteiger partial charge in [-0.05, 0) is 55.9 Å². The third kappa shape index (κ3) is 3.33. The number of esters is 1. The van der Waals surface area contributed by atoms with Gasteiger partial charge in [0.15, 0.2) is 5.69 Å². The lowest BCUT2D eigenvalue weighted by atomic mass is 10.1. The molecule has 1 saturated carbocycles. The maximum atomic E-state index is 11.9. The summed E-state index contributed by atoms with van der Waals surface area (Å²) in [6.07, 6.45) is 3.46. The van der Waals surface area contributed by atoms with Crippen LogP contribution in [0.25, 0.3) is 22.7 Å². The van der Waals surface area contributed by atoms with E-state index in [2.05, 4.69) is 38.0 Å². The Morgan fingerprint density at radius 1 is 1.38 bits per heavy atom. The molecule has 4 rings (SSSR count). The fraction of sp³-hybridized carbons (Fsp3) is 0.300. The van der Waals surface area contributed by atoms with E-state index in [-0.39, 0.29) is 5.69 Å². The van der Waals surface area contributed by atoms with Crippen molar-refractivity contribution in [2.24, 2.45) is 5.92 Å². The fourth-order valence-electron chi connectivity index (χ4n) is 3.07. The van der Waals surface area contributed by atoms with Crippen LogP contribution in [0.1, 0.15) is 34.8 Å². The summed E-state index contributed by atoms with van der Waals surface area (Å²) in [5.41, 5.74) is 4.32. The van der Waals surface area contributed by atoms with Crippen LogP contribution in [-0.4, -0.2) is 23.0 Å². The number of ether oxygens (including phenoxy) is 1. The predicted molar refractivity (Wildman–Crippen MR) is 102 cm³/mol. The lowest BCUT2D eigenvalue weighted by molar-refractivity contribution is 0.0593. The second-order valence-electron chi connectivity index (χ2n) is 6.65. The molecule has 0 aliphatic heterocycles. The van der Waals surface area contributed by atoms with Gasteiger partial charge in [0, 0.05) is 15.9 Å². The lowest BCUT2D eigenvalue weighted by Gasteiger charge is -2.00. The molecule has 3 aromatic rings. The number of aromatic amines is 1. The van der Waals surface area contributed by atoms with Crippen molar-refractivity contribution in [1.82, 2.24) is 9.97 Å². The third-order valence-corrected chi connectivity index (χ3v) is 5.12. The number of oxazole rings is 1. The molecule has 0 radical (unpaired) electrons. The zero-order valence-corrected chi connectivity index (χ0v) is 16.2. The van der Waals surface area contributed by atoms with Gasteiger partial charge in [-0.15, -0.1) is 0 Å². The first-order valence-electron chi connectivity index (χ1n) is 8.59. The van der Waals surface area contributed by atoms with E-state index in [1.165, 1.54) is 20.0 Å². The zero-order valence-electron chi connectivity index (χ0n) is 14.6. The second kappa shape index (κ2) is 6.76. The minimum atomic E-state index is -0.482. The Morgan fingerprint density at radius 2 is 2.19 bits per heavy atom. The van der Waals surface area contributed by atoms with E-state index < -0.39 is 5.97 Å². The number of carbonyl (C=O) groups is 1. The van der Waals surface area contributed by atoms with Gasteiger partial charge in [-0.2, -0.15) is 0 Å². The van der Waals surface area contributed by atoms with Crippen LogP contribution < -0.4 is 0 Å². The number of nitrogens with one attached hydrogen (secondary N) is 1. The van der Waals surface area contributed by atoms with Crippen molar-refractivity contribution in [1.29, 1.82) is 0 Å². The molecule has 0 saturated heterocycles. The van der Waals surface area contributed by atoms with Crippen LogP contribution in [0.2, 0.25) is 0 Å². The molecule has 1 fully saturated rings. The molecule has 2 aromatic heterocycles. The molecular weight excluding hydrogens is 396 g/mol. The Hall–Kier alpha value is -2.34. The number of carbonyl (C=O) groups excluding carboxylic acids is 1. The molecule has 1 aliphatic rings. The smallest absolute Gasteiger partial charge is 0.360 e. The topological polar surface area (TPSA) is 68.1 Å². The Morgan fingerprint density at radius 3 is 2.88 bits per heavy atom. The minimum absolute atomic E-state index is 0.227. The molecule has 2 heterocycles. The first kappa shape index (κ1) is 17.1. The Kier molecular flexibility index (Phi) is 4.44. The Balaban J connectivity index is 1.78. The van der Waals surface area contributed by atoms with Crippen LogP contribution >= 0.6 is 15.9 Å². The van der Waals surface area contributed by atoms with Crippen LogP contribution in [-0.2, 0) is 11.2 Å². The molecule has 1 aromatic carbocycles. The molecule has 0 amide bonds. The molecule has 0 spiro atoms. The van der Waals surface area contributed by atoms with E-state index in [1.807, 2.05) is 18.2 Å². The first-order chi connectivity index (χ1) is 12.5. The molecule has 26 heavy (non-hydrogen) atoms. The van der Waals surface area contributed by atoms with E-state index >= 15 is 0 Å². The maximum Gasteiger partial charge on any atom is 0.360 e. The monoisotopic (exact) mass is 414 g/mol. The summed E-state index contributed by atoms with van der Waals surface area (Å²) in [6, 6.07) is 10.2. The highest BCUT2D eigenvalue weighted by atomic mass is 79.9. The molecule has 134 valence electrons.